The number of aromatic nitrogens is 1. The minimum atomic E-state index is -0.102. The predicted octanol–water partition coefficient (Wildman–Crippen LogP) is 2.36. The lowest BCUT2D eigenvalue weighted by Gasteiger charge is -2.09. The van der Waals surface area contributed by atoms with Crippen LogP contribution in [0, 0.1) is 6.92 Å². The van der Waals surface area contributed by atoms with Gasteiger partial charge in [-0.1, -0.05) is 11.6 Å². The van der Waals surface area contributed by atoms with Crippen LogP contribution in [0.2, 0.25) is 0 Å². The second-order valence-corrected chi connectivity index (χ2v) is 3.65. The van der Waals surface area contributed by atoms with Crippen molar-refractivity contribution in [2.45, 2.75) is 6.92 Å². The number of H-pyrrole nitrogens is 1. The lowest BCUT2D eigenvalue weighted by atomic mass is 10.0. The van der Waals surface area contributed by atoms with E-state index in [9.17, 15) is 4.79 Å². The lowest BCUT2D eigenvalue weighted by Crippen LogP contribution is -2.01. The summed E-state index contributed by atoms with van der Waals surface area (Å²) in [7, 11) is 1.64. The number of benzene rings is 1. The first-order chi connectivity index (χ1) is 7.70. The molecule has 0 amide bonds. The number of hydrogen-bond acceptors (Lipinski definition) is 2. The summed E-state index contributed by atoms with van der Waals surface area (Å²) >= 11 is 0. The van der Waals surface area contributed by atoms with Gasteiger partial charge in [0.1, 0.15) is 5.75 Å². The molecular weight excluding hydrogens is 202 g/mol. The smallest absolute Gasteiger partial charge is 0.247 e. The molecule has 0 saturated carbocycles. The van der Waals surface area contributed by atoms with Gasteiger partial charge >= 0.3 is 0 Å². The standard InChI is InChI=1S/C13H13NO2/c1-9-3-5-12(16-2)11(7-9)10-4-6-13(15)14-8-10/h3-8H,1-2H3,(H,14,15). The quantitative estimate of drug-likeness (QED) is 0.835. The van der Waals surface area contributed by atoms with Crippen LogP contribution in [0.15, 0.2) is 41.3 Å². The van der Waals surface area contributed by atoms with Crippen LogP contribution >= 0.6 is 0 Å². The van der Waals surface area contributed by atoms with Crippen molar-refractivity contribution in [3.63, 3.8) is 0 Å². The molecule has 0 unspecified atom stereocenters. The fourth-order valence-electron chi connectivity index (χ4n) is 1.63. The molecule has 0 atom stereocenters. The van der Waals surface area contributed by atoms with E-state index in [1.807, 2.05) is 25.1 Å². The van der Waals surface area contributed by atoms with E-state index in [-0.39, 0.29) is 5.56 Å². The first-order valence-corrected chi connectivity index (χ1v) is 5.04. The van der Waals surface area contributed by atoms with E-state index < -0.39 is 0 Å². The zero-order valence-corrected chi connectivity index (χ0v) is 9.28. The molecule has 1 heterocycles. The molecule has 3 heteroatoms. The molecule has 0 spiro atoms. The van der Waals surface area contributed by atoms with Crippen molar-refractivity contribution in [2.75, 3.05) is 7.11 Å². The molecule has 82 valence electrons. The number of hydrogen-bond donors (Lipinski definition) is 1. The van der Waals surface area contributed by atoms with Crippen LogP contribution in [0.1, 0.15) is 5.56 Å². The summed E-state index contributed by atoms with van der Waals surface area (Å²) in [6, 6.07) is 9.25. The number of nitrogens with one attached hydrogen (secondary N) is 1. The maximum atomic E-state index is 11.0. The van der Waals surface area contributed by atoms with Crippen LogP contribution in [0.3, 0.4) is 0 Å². The second kappa shape index (κ2) is 4.23. The van der Waals surface area contributed by atoms with Crippen molar-refractivity contribution in [1.82, 2.24) is 4.98 Å². The van der Waals surface area contributed by atoms with Gasteiger partial charge in [-0.3, -0.25) is 4.79 Å². The van der Waals surface area contributed by atoms with Crippen molar-refractivity contribution in [1.29, 1.82) is 0 Å². The van der Waals surface area contributed by atoms with Gasteiger partial charge in [0.15, 0.2) is 0 Å². The summed E-state index contributed by atoms with van der Waals surface area (Å²) in [6.45, 7) is 2.02. The van der Waals surface area contributed by atoms with Crippen molar-refractivity contribution < 1.29 is 4.74 Å². The predicted molar refractivity (Wildman–Crippen MR) is 63.8 cm³/mol. The van der Waals surface area contributed by atoms with E-state index >= 15 is 0 Å². The molecule has 3 nitrogen and oxygen atoms in total. The number of ether oxygens (including phenoxy) is 1. The summed E-state index contributed by atoms with van der Waals surface area (Å²) in [6.07, 6.45) is 1.69. The maximum absolute atomic E-state index is 11.0. The first kappa shape index (κ1) is 10.5. The Bertz CT molecular complexity index is 538. The Labute approximate surface area is 93.7 Å². The second-order valence-electron chi connectivity index (χ2n) is 3.65. The molecular formula is C13H13NO2. The average molecular weight is 215 g/mol. The van der Waals surface area contributed by atoms with E-state index in [2.05, 4.69) is 4.98 Å². The number of aryl methyl sites for hydroxylation is 1. The van der Waals surface area contributed by atoms with Crippen molar-refractivity contribution in [3.8, 4) is 16.9 Å². The highest BCUT2D eigenvalue weighted by atomic mass is 16.5. The summed E-state index contributed by atoms with van der Waals surface area (Å²) in [4.78, 5) is 13.6. The van der Waals surface area contributed by atoms with Crippen LogP contribution in [-0.4, -0.2) is 12.1 Å². The number of pyridine rings is 1. The van der Waals surface area contributed by atoms with Gasteiger partial charge in [-0.15, -0.1) is 0 Å². The Kier molecular flexibility index (Phi) is 2.77. The number of methoxy groups -OCH3 is 1. The fraction of sp³-hybridized carbons (Fsp3) is 0.154. The largest absolute Gasteiger partial charge is 0.496 e. The Morgan fingerprint density at radius 2 is 2.00 bits per heavy atom. The third-order valence-electron chi connectivity index (χ3n) is 2.45. The molecule has 0 fully saturated rings. The molecule has 0 bridgehead atoms. The van der Waals surface area contributed by atoms with Gasteiger partial charge in [0.2, 0.25) is 5.56 Å². The van der Waals surface area contributed by atoms with Crippen LogP contribution < -0.4 is 10.3 Å². The average Bonchev–Trinajstić information content (AvgIpc) is 2.30. The summed E-state index contributed by atoms with van der Waals surface area (Å²) in [5, 5.41) is 0. The molecule has 0 saturated heterocycles. The zero-order chi connectivity index (χ0) is 11.5. The van der Waals surface area contributed by atoms with Gasteiger partial charge in [-0.2, -0.15) is 0 Å². The van der Waals surface area contributed by atoms with Gasteiger partial charge in [-0.05, 0) is 25.1 Å². The topological polar surface area (TPSA) is 42.1 Å². The van der Waals surface area contributed by atoms with Crippen LogP contribution in [0.5, 0.6) is 5.75 Å². The molecule has 0 aliphatic rings. The molecule has 16 heavy (non-hydrogen) atoms. The van der Waals surface area contributed by atoms with Crippen LogP contribution in [-0.2, 0) is 0 Å². The van der Waals surface area contributed by atoms with E-state index in [0.29, 0.717) is 0 Å². The summed E-state index contributed by atoms with van der Waals surface area (Å²) < 4.78 is 5.29. The van der Waals surface area contributed by atoms with Gasteiger partial charge < -0.3 is 9.72 Å². The van der Waals surface area contributed by atoms with E-state index in [4.69, 9.17) is 4.74 Å². The van der Waals surface area contributed by atoms with Gasteiger partial charge in [0, 0.05) is 23.4 Å². The molecule has 2 aromatic rings. The molecule has 0 aliphatic carbocycles. The minimum absolute atomic E-state index is 0.102. The monoisotopic (exact) mass is 215 g/mol. The molecule has 1 aromatic carbocycles. The Balaban J connectivity index is 2.57. The highest BCUT2D eigenvalue weighted by Gasteiger charge is 2.05. The normalized spacial score (nSPS) is 10.1. The van der Waals surface area contributed by atoms with Gasteiger partial charge in [0.05, 0.1) is 7.11 Å². The van der Waals surface area contributed by atoms with Crippen molar-refractivity contribution in [3.05, 3.63) is 52.4 Å². The summed E-state index contributed by atoms with van der Waals surface area (Å²) in [5.74, 6) is 0.803. The Morgan fingerprint density at radius 3 is 2.62 bits per heavy atom. The zero-order valence-electron chi connectivity index (χ0n) is 9.28. The van der Waals surface area contributed by atoms with E-state index in [1.165, 1.54) is 6.07 Å². The third-order valence-corrected chi connectivity index (χ3v) is 2.45. The third kappa shape index (κ3) is 1.98. The molecule has 0 radical (unpaired) electrons. The highest BCUT2D eigenvalue weighted by Crippen LogP contribution is 2.29. The molecule has 1 N–H and O–H groups in total. The van der Waals surface area contributed by atoms with Gasteiger partial charge in [0.25, 0.3) is 0 Å². The lowest BCUT2D eigenvalue weighted by molar-refractivity contribution is 0.416. The molecule has 0 aliphatic heterocycles. The maximum Gasteiger partial charge on any atom is 0.247 e. The SMILES string of the molecule is COc1ccc(C)cc1-c1ccc(=O)[nH]c1. The van der Waals surface area contributed by atoms with Crippen molar-refractivity contribution in [2.24, 2.45) is 0 Å². The highest BCUT2D eigenvalue weighted by molar-refractivity contribution is 5.70. The summed E-state index contributed by atoms with van der Waals surface area (Å²) in [5.41, 5.74) is 2.98. The fourth-order valence-corrected chi connectivity index (χ4v) is 1.63. The Hall–Kier alpha value is -2.03. The number of aromatic amines is 1. The Morgan fingerprint density at radius 1 is 1.19 bits per heavy atom. The van der Waals surface area contributed by atoms with Gasteiger partial charge in [-0.25, -0.2) is 0 Å². The van der Waals surface area contributed by atoms with E-state index in [0.717, 1.165) is 22.4 Å². The van der Waals surface area contributed by atoms with E-state index in [1.54, 1.807) is 19.4 Å². The first-order valence-electron chi connectivity index (χ1n) is 5.04. The van der Waals surface area contributed by atoms with Crippen LogP contribution in [0.25, 0.3) is 11.1 Å². The molecule has 1 aromatic heterocycles. The van der Waals surface area contributed by atoms with Crippen LogP contribution in [0.4, 0.5) is 0 Å². The van der Waals surface area contributed by atoms with Crippen molar-refractivity contribution >= 4 is 0 Å². The molecule has 2 rings (SSSR count). The minimum Gasteiger partial charge on any atom is -0.496 e. The number of rotatable bonds is 2.